The molecular weight excluding hydrogens is 460 g/mol. The van der Waals surface area contributed by atoms with Gasteiger partial charge in [0.25, 0.3) is 0 Å². The summed E-state index contributed by atoms with van der Waals surface area (Å²) in [5, 5.41) is 22.9. The first-order valence-corrected chi connectivity index (χ1v) is 13.9. The van der Waals surface area contributed by atoms with Crippen molar-refractivity contribution >= 4 is 17.3 Å². The predicted molar refractivity (Wildman–Crippen MR) is 152 cm³/mol. The average Bonchev–Trinajstić information content (AvgIpc) is 3.20. The van der Waals surface area contributed by atoms with Crippen LogP contribution in [0.15, 0.2) is 71.4 Å². The lowest BCUT2D eigenvalue weighted by Gasteiger charge is -2.44. The summed E-state index contributed by atoms with van der Waals surface area (Å²) in [4.78, 5) is 12.4. The third-order valence-electron chi connectivity index (χ3n) is 8.99. The van der Waals surface area contributed by atoms with Gasteiger partial charge < -0.3 is 21.3 Å². The maximum absolute atomic E-state index is 12.4. The molecule has 0 spiro atoms. The Kier molecular flexibility index (Phi) is 8.76. The van der Waals surface area contributed by atoms with E-state index >= 15 is 0 Å². The van der Waals surface area contributed by atoms with Crippen LogP contribution in [0.4, 0.5) is 11.4 Å². The number of carbonyl (C=O) groups is 1. The quantitative estimate of drug-likeness (QED) is 0.207. The molecule has 1 unspecified atom stereocenters. The first kappa shape index (κ1) is 27.4. The molecule has 5 nitrogen and oxygen atoms in total. The van der Waals surface area contributed by atoms with Crippen molar-refractivity contribution in [2.45, 2.75) is 84.3 Å². The summed E-state index contributed by atoms with van der Waals surface area (Å²) < 4.78 is 0. The maximum Gasteiger partial charge on any atom is 0.248 e. The number of allylic oxidation sites excluding steroid dienone is 6. The summed E-state index contributed by atoms with van der Waals surface area (Å²) in [6.07, 6.45) is 17.3. The monoisotopic (exact) mass is 504 g/mol. The Hall–Kier alpha value is -2.63. The highest BCUT2D eigenvalue weighted by Gasteiger charge is 2.50. The van der Waals surface area contributed by atoms with Crippen LogP contribution in [0.5, 0.6) is 0 Å². The summed E-state index contributed by atoms with van der Waals surface area (Å²) >= 11 is 0. The molecule has 1 amide bonds. The summed E-state index contributed by atoms with van der Waals surface area (Å²) in [6.45, 7) is 6.87. The first-order valence-electron chi connectivity index (χ1n) is 13.9. The normalized spacial score (nSPS) is 33.6. The molecule has 3 fully saturated rings. The van der Waals surface area contributed by atoms with Gasteiger partial charge in [-0.3, -0.25) is 4.79 Å². The number of carbonyl (C=O) groups excluding carboxylic acids is 1. The van der Waals surface area contributed by atoms with Crippen molar-refractivity contribution in [3.05, 3.63) is 71.4 Å². The van der Waals surface area contributed by atoms with Crippen LogP contribution < -0.4 is 11.1 Å². The summed E-state index contributed by atoms with van der Waals surface area (Å²) in [6, 6.07) is 7.27. The van der Waals surface area contributed by atoms with Gasteiger partial charge >= 0.3 is 0 Å². The maximum atomic E-state index is 12.4. The molecule has 1 aromatic carbocycles. The molecule has 0 aromatic heterocycles. The molecule has 37 heavy (non-hydrogen) atoms. The fourth-order valence-corrected chi connectivity index (χ4v) is 7.25. The Bertz CT molecular complexity index is 1090. The van der Waals surface area contributed by atoms with Crippen molar-refractivity contribution in [2.24, 2.45) is 23.2 Å². The van der Waals surface area contributed by atoms with E-state index in [1.165, 1.54) is 31.3 Å². The molecule has 0 aliphatic heterocycles. The minimum Gasteiger partial charge on any atom is -0.397 e. The fraction of sp³-hybridized carbons (Fsp3) is 0.531. The van der Waals surface area contributed by atoms with Crippen molar-refractivity contribution in [3.63, 3.8) is 0 Å². The molecule has 3 aliphatic rings. The molecule has 1 aromatic rings. The Balaban J connectivity index is 1.41. The smallest absolute Gasteiger partial charge is 0.248 e. The van der Waals surface area contributed by atoms with E-state index in [0.717, 1.165) is 12.0 Å². The standard InChI is InChI=1S/C32H44N2O3/c1-21(10-15-31(37)34-30-9-5-4-8-29(30)33)17-22(2)27-13-14-28-24(7-6-16-32(27,28)3)12-11-23-18-25(35)20-26(36)19-23/h4-5,8-12,15,17,22,25-28,35-36H,6-7,13-14,16,18-20,33H2,1-3H3,(H,34,37)/b15-10+,21-17+,23-11?,24-12+/t22-,25-,26+,27+,28?,32+/m0/s1. The largest absolute Gasteiger partial charge is 0.397 e. The third kappa shape index (κ3) is 6.63. The Morgan fingerprint density at radius 3 is 2.59 bits per heavy atom. The Labute approximate surface area is 222 Å². The van der Waals surface area contributed by atoms with E-state index in [1.807, 2.05) is 18.2 Å². The van der Waals surface area contributed by atoms with E-state index in [0.29, 0.717) is 48.4 Å². The van der Waals surface area contributed by atoms with E-state index in [4.69, 9.17) is 5.73 Å². The van der Waals surface area contributed by atoms with E-state index in [1.54, 1.807) is 23.8 Å². The van der Waals surface area contributed by atoms with Gasteiger partial charge in [0.2, 0.25) is 5.91 Å². The number of anilines is 2. The van der Waals surface area contributed by atoms with Gasteiger partial charge in [-0.05, 0) is 93.6 Å². The lowest BCUT2D eigenvalue weighted by molar-refractivity contribution is -0.111. The number of hydrogen-bond acceptors (Lipinski definition) is 4. The van der Waals surface area contributed by atoms with Gasteiger partial charge in [0, 0.05) is 6.08 Å². The second kappa shape index (κ2) is 11.8. The van der Waals surface area contributed by atoms with Crippen molar-refractivity contribution in [2.75, 3.05) is 11.1 Å². The van der Waals surface area contributed by atoms with Crippen LogP contribution in [0.25, 0.3) is 0 Å². The van der Waals surface area contributed by atoms with Crippen LogP contribution in [0.3, 0.4) is 0 Å². The van der Waals surface area contributed by atoms with Gasteiger partial charge in [0.15, 0.2) is 0 Å². The van der Waals surface area contributed by atoms with Crippen LogP contribution >= 0.6 is 0 Å². The average molecular weight is 505 g/mol. The number of nitrogens with two attached hydrogens (primary N) is 1. The van der Waals surface area contributed by atoms with Gasteiger partial charge in [-0.2, -0.15) is 0 Å². The van der Waals surface area contributed by atoms with Gasteiger partial charge in [-0.1, -0.05) is 67.0 Å². The van der Waals surface area contributed by atoms with Gasteiger partial charge in [0.1, 0.15) is 0 Å². The van der Waals surface area contributed by atoms with Crippen LogP contribution in [0.2, 0.25) is 0 Å². The number of rotatable bonds is 6. The molecule has 0 radical (unpaired) electrons. The third-order valence-corrected chi connectivity index (χ3v) is 8.99. The lowest BCUT2D eigenvalue weighted by atomic mass is 9.61. The van der Waals surface area contributed by atoms with Crippen molar-refractivity contribution in [3.8, 4) is 0 Å². The highest BCUT2D eigenvalue weighted by Crippen LogP contribution is 2.59. The second-order valence-corrected chi connectivity index (χ2v) is 11.8. The molecule has 200 valence electrons. The fourth-order valence-electron chi connectivity index (χ4n) is 7.25. The topological polar surface area (TPSA) is 95.6 Å². The van der Waals surface area contributed by atoms with Crippen molar-refractivity contribution in [1.29, 1.82) is 0 Å². The molecule has 0 saturated heterocycles. The molecule has 0 heterocycles. The van der Waals surface area contributed by atoms with E-state index in [2.05, 4.69) is 44.3 Å². The van der Waals surface area contributed by atoms with Crippen LogP contribution in [-0.2, 0) is 4.79 Å². The number of benzene rings is 1. The lowest BCUT2D eigenvalue weighted by Crippen LogP contribution is -2.35. The zero-order valence-corrected chi connectivity index (χ0v) is 22.6. The highest BCUT2D eigenvalue weighted by molar-refractivity contribution is 6.01. The first-order chi connectivity index (χ1) is 17.7. The van der Waals surface area contributed by atoms with Gasteiger partial charge in [-0.15, -0.1) is 0 Å². The second-order valence-electron chi connectivity index (χ2n) is 11.8. The summed E-state index contributed by atoms with van der Waals surface area (Å²) in [7, 11) is 0. The molecule has 3 saturated carbocycles. The zero-order valence-electron chi connectivity index (χ0n) is 22.6. The Morgan fingerprint density at radius 2 is 1.86 bits per heavy atom. The van der Waals surface area contributed by atoms with E-state index in [-0.39, 0.29) is 11.3 Å². The number of para-hydroxylation sites is 2. The molecule has 6 atom stereocenters. The van der Waals surface area contributed by atoms with Crippen molar-refractivity contribution in [1.82, 2.24) is 0 Å². The minimum absolute atomic E-state index is 0.180. The molecule has 3 aliphatic carbocycles. The van der Waals surface area contributed by atoms with E-state index in [9.17, 15) is 15.0 Å². The number of hydrogen-bond donors (Lipinski definition) is 4. The molecule has 4 rings (SSSR count). The highest BCUT2D eigenvalue weighted by atomic mass is 16.3. The number of fused-ring (bicyclic) bond motifs is 1. The van der Waals surface area contributed by atoms with Crippen LogP contribution in [0, 0.1) is 23.2 Å². The zero-order chi connectivity index (χ0) is 26.6. The van der Waals surface area contributed by atoms with Crippen LogP contribution in [-0.4, -0.2) is 28.3 Å². The van der Waals surface area contributed by atoms with E-state index < -0.39 is 12.2 Å². The minimum atomic E-state index is -0.423. The number of aliphatic hydroxyl groups is 2. The molecule has 5 N–H and O–H groups in total. The van der Waals surface area contributed by atoms with Crippen molar-refractivity contribution < 1.29 is 15.0 Å². The number of nitrogens with one attached hydrogen (secondary N) is 1. The SMILES string of the molecule is CC(/C=C/C(=O)Nc1ccccc1N)=C\[C@H](C)[C@H]1CCC2/C(=C/C=C3C[C@@H](O)C[C@@H](O)C3)CCC[C@@]21C. The van der Waals surface area contributed by atoms with Gasteiger partial charge in [-0.25, -0.2) is 0 Å². The summed E-state index contributed by atoms with van der Waals surface area (Å²) in [5.74, 6) is 1.44. The Morgan fingerprint density at radius 1 is 1.14 bits per heavy atom. The number of aliphatic hydroxyl groups excluding tert-OH is 2. The predicted octanol–water partition coefficient (Wildman–Crippen LogP) is 6.32. The van der Waals surface area contributed by atoms with Gasteiger partial charge in [0.05, 0.1) is 23.6 Å². The number of nitrogen functional groups attached to an aromatic ring is 1. The molecule has 5 heteroatoms. The summed E-state index contributed by atoms with van der Waals surface area (Å²) in [5.41, 5.74) is 11.2. The molecular formula is C32H44N2O3. The van der Waals surface area contributed by atoms with Crippen LogP contribution in [0.1, 0.15) is 72.1 Å². The molecule has 0 bridgehead atoms. The number of amides is 1.